The molecule has 1 aliphatic carbocycles. The molecule has 92 valence electrons. The molecular weight excluding hydrogens is 238 g/mol. The molecule has 0 atom stereocenters. The number of rotatable bonds is 2. The van der Waals surface area contributed by atoms with Gasteiger partial charge in [-0.15, -0.1) is 0 Å². The van der Waals surface area contributed by atoms with Crippen LogP contribution in [-0.2, 0) is 19.7 Å². The van der Waals surface area contributed by atoms with Gasteiger partial charge in [0.15, 0.2) is 0 Å². The number of non-ortho nitro benzene ring substituents is 1. The summed E-state index contributed by atoms with van der Waals surface area (Å²) in [6.45, 7) is 0. The third-order valence-electron chi connectivity index (χ3n) is 3.74. The second-order valence-corrected chi connectivity index (χ2v) is 4.70. The van der Waals surface area contributed by atoms with Crippen LogP contribution in [-0.4, -0.2) is 16.9 Å². The number of esters is 2. The van der Waals surface area contributed by atoms with Crippen molar-refractivity contribution in [3.05, 3.63) is 39.9 Å². The second-order valence-electron chi connectivity index (χ2n) is 4.70. The normalized spacial score (nSPS) is 29.4. The Bertz CT molecular complexity index is 556. The Morgan fingerprint density at radius 2 is 1.83 bits per heavy atom. The minimum atomic E-state index is -0.770. The number of benzene rings is 1. The summed E-state index contributed by atoms with van der Waals surface area (Å²) in [5, 5.41) is 10.6. The van der Waals surface area contributed by atoms with Gasteiger partial charge >= 0.3 is 11.9 Å². The van der Waals surface area contributed by atoms with Gasteiger partial charge in [0.05, 0.1) is 16.3 Å². The van der Waals surface area contributed by atoms with E-state index in [1.165, 1.54) is 12.1 Å². The highest BCUT2D eigenvalue weighted by molar-refractivity contribution is 6.00. The fourth-order valence-corrected chi connectivity index (χ4v) is 2.64. The Labute approximate surface area is 102 Å². The number of nitrogens with zero attached hydrogens (tertiary/aromatic N) is 1. The number of hydrogen-bond donors (Lipinski definition) is 0. The van der Waals surface area contributed by atoms with Crippen molar-refractivity contribution in [1.82, 2.24) is 0 Å². The van der Waals surface area contributed by atoms with Gasteiger partial charge in [0, 0.05) is 12.1 Å². The molecule has 2 saturated heterocycles. The zero-order valence-corrected chi connectivity index (χ0v) is 9.29. The molecular formula is C12H9NO5. The molecule has 0 spiro atoms. The van der Waals surface area contributed by atoms with Gasteiger partial charge in [0.25, 0.3) is 5.69 Å². The molecule has 0 aromatic heterocycles. The summed E-state index contributed by atoms with van der Waals surface area (Å²) in [6.07, 6.45) is 0.894. The topological polar surface area (TPSA) is 86.5 Å². The lowest BCUT2D eigenvalue weighted by molar-refractivity contribution is -0.384. The van der Waals surface area contributed by atoms with Crippen LogP contribution in [0.1, 0.15) is 18.4 Å². The van der Waals surface area contributed by atoms with E-state index < -0.39 is 22.3 Å². The predicted octanol–water partition coefficient (Wildman–Crippen LogP) is 1.33. The number of nitro groups is 1. The smallest absolute Gasteiger partial charge is 0.324 e. The van der Waals surface area contributed by atoms with E-state index in [0.29, 0.717) is 18.4 Å². The highest BCUT2D eigenvalue weighted by atomic mass is 16.6. The summed E-state index contributed by atoms with van der Waals surface area (Å²) in [5.41, 5.74) is -0.110. The van der Waals surface area contributed by atoms with Crippen molar-refractivity contribution >= 4 is 17.6 Å². The van der Waals surface area contributed by atoms with Crippen LogP contribution in [0.15, 0.2) is 24.3 Å². The molecule has 3 aliphatic rings. The molecule has 1 saturated carbocycles. The van der Waals surface area contributed by atoms with Crippen molar-refractivity contribution in [2.45, 2.75) is 18.3 Å². The zero-order chi connectivity index (χ0) is 12.9. The summed E-state index contributed by atoms with van der Waals surface area (Å²) in [4.78, 5) is 33.1. The first-order valence-electron chi connectivity index (χ1n) is 5.54. The molecule has 4 rings (SSSR count). The van der Waals surface area contributed by atoms with E-state index in [4.69, 9.17) is 0 Å². The van der Waals surface area contributed by atoms with Crippen LogP contribution in [0.25, 0.3) is 0 Å². The van der Waals surface area contributed by atoms with E-state index in [0.717, 1.165) is 0 Å². The molecule has 6 heteroatoms. The Balaban J connectivity index is 1.94. The maximum absolute atomic E-state index is 11.8. The number of fused-ring (bicyclic) bond motifs is 2. The lowest BCUT2D eigenvalue weighted by atomic mass is 9.57. The van der Waals surface area contributed by atoms with Crippen LogP contribution in [0.3, 0.4) is 0 Å². The minimum Gasteiger partial charge on any atom is -0.392 e. The Hall–Kier alpha value is -2.24. The van der Waals surface area contributed by atoms with Crippen LogP contribution in [0.4, 0.5) is 5.69 Å². The lowest BCUT2D eigenvalue weighted by Crippen LogP contribution is -2.57. The van der Waals surface area contributed by atoms with Crippen molar-refractivity contribution in [2.24, 2.45) is 5.92 Å². The van der Waals surface area contributed by atoms with E-state index in [1.54, 1.807) is 12.1 Å². The van der Waals surface area contributed by atoms with E-state index in [9.17, 15) is 19.7 Å². The van der Waals surface area contributed by atoms with Crippen LogP contribution in [0.2, 0.25) is 0 Å². The number of carbonyl (C=O) groups is 2. The van der Waals surface area contributed by atoms with Gasteiger partial charge in [-0.2, -0.15) is 0 Å². The summed E-state index contributed by atoms with van der Waals surface area (Å²) < 4.78 is 4.67. The number of ether oxygens (including phenoxy) is 1. The molecule has 0 unspecified atom stereocenters. The van der Waals surface area contributed by atoms with Gasteiger partial charge in [0.2, 0.25) is 0 Å². The molecule has 0 amide bonds. The summed E-state index contributed by atoms with van der Waals surface area (Å²) in [6, 6.07) is 5.85. The standard InChI is InChI=1S/C12H9NO5/c14-10-7-5-12(6-7,11(15)18-10)8-1-3-9(4-2-8)13(16)17/h1-4,7H,5-6H2. The first-order chi connectivity index (χ1) is 8.53. The van der Waals surface area contributed by atoms with Crippen molar-refractivity contribution in [3.63, 3.8) is 0 Å². The summed E-state index contributed by atoms with van der Waals surface area (Å²) in [5.74, 6) is -1.20. The van der Waals surface area contributed by atoms with Gasteiger partial charge < -0.3 is 4.74 Å². The highest BCUT2D eigenvalue weighted by Gasteiger charge is 2.60. The molecule has 6 nitrogen and oxygen atoms in total. The molecule has 3 fully saturated rings. The molecule has 1 aromatic rings. The monoisotopic (exact) mass is 247 g/mol. The molecule has 0 N–H and O–H groups in total. The van der Waals surface area contributed by atoms with Crippen LogP contribution >= 0.6 is 0 Å². The Morgan fingerprint density at radius 1 is 1.22 bits per heavy atom. The predicted molar refractivity (Wildman–Crippen MR) is 58.6 cm³/mol. The third-order valence-corrected chi connectivity index (χ3v) is 3.74. The molecule has 2 bridgehead atoms. The van der Waals surface area contributed by atoms with Gasteiger partial charge in [-0.1, -0.05) is 12.1 Å². The van der Waals surface area contributed by atoms with Crippen LogP contribution < -0.4 is 0 Å². The molecule has 1 aromatic carbocycles. The minimum absolute atomic E-state index is 0.0220. The summed E-state index contributed by atoms with van der Waals surface area (Å²) in [7, 11) is 0. The van der Waals surface area contributed by atoms with E-state index in [2.05, 4.69) is 4.74 Å². The summed E-state index contributed by atoms with van der Waals surface area (Å²) >= 11 is 0. The van der Waals surface area contributed by atoms with Gasteiger partial charge in [-0.3, -0.25) is 19.7 Å². The van der Waals surface area contributed by atoms with Gasteiger partial charge in [-0.25, -0.2) is 0 Å². The molecule has 18 heavy (non-hydrogen) atoms. The van der Waals surface area contributed by atoms with Gasteiger partial charge in [0.1, 0.15) is 0 Å². The Kier molecular flexibility index (Phi) is 2.04. The molecule has 2 heterocycles. The van der Waals surface area contributed by atoms with Crippen molar-refractivity contribution in [3.8, 4) is 0 Å². The fraction of sp³-hybridized carbons (Fsp3) is 0.333. The number of carbonyl (C=O) groups excluding carboxylic acids is 2. The second kappa shape index (κ2) is 3.38. The highest BCUT2D eigenvalue weighted by Crippen LogP contribution is 2.52. The maximum atomic E-state index is 11.8. The van der Waals surface area contributed by atoms with E-state index in [1.807, 2.05) is 0 Å². The van der Waals surface area contributed by atoms with Crippen LogP contribution in [0.5, 0.6) is 0 Å². The first-order valence-corrected chi connectivity index (χ1v) is 5.54. The number of hydrogen-bond acceptors (Lipinski definition) is 5. The molecule has 0 radical (unpaired) electrons. The lowest BCUT2D eigenvalue weighted by Gasteiger charge is -2.48. The largest absolute Gasteiger partial charge is 0.392 e. The maximum Gasteiger partial charge on any atom is 0.324 e. The number of nitro benzene ring substituents is 1. The van der Waals surface area contributed by atoms with Crippen molar-refractivity contribution in [1.29, 1.82) is 0 Å². The molecule has 2 aliphatic heterocycles. The average molecular weight is 247 g/mol. The zero-order valence-electron chi connectivity index (χ0n) is 9.29. The first kappa shape index (κ1) is 10.9. The third kappa shape index (κ3) is 1.28. The van der Waals surface area contributed by atoms with Crippen molar-refractivity contribution in [2.75, 3.05) is 0 Å². The van der Waals surface area contributed by atoms with Gasteiger partial charge in [-0.05, 0) is 18.4 Å². The SMILES string of the molecule is O=C1OC(=O)C2(c3ccc([N+](=O)[O-])cc3)CC1C2. The van der Waals surface area contributed by atoms with E-state index in [-0.39, 0.29) is 11.6 Å². The van der Waals surface area contributed by atoms with E-state index >= 15 is 0 Å². The quantitative estimate of drug-likeness (QED) is 0.340. The fourth-order valence-electron chi connectivity index (χ4n) is 2.64. The average Bonchev–Trinajstić information content (AvgIpc) is 2.27. The van der Waals surface area contributed by atoms with Crippen molar-refractivity contribution < 1.29 is 19.2 Å². The van der Waals surface area contributed by atoms with Crippen LogP contribution in [0, 0.1) is 16.0 Å². The Morgan fingerprint density at radius 3 is 2.33 bits per heavy atom.